The average Bonchev–Trinajstić information content (AvgIpc) is 3.01. The van der Waals surface area contributed by atoms with Crippen molar-refractivity contribution in [1.82, 2.24) is 30.4 Å². The zero-order chi connectivity index (χ0) is 17.9. The lowest BCUT2D eigenvalue weighted by atomic mass is 10.4. The van der Waals surface area contributed by atoms with Crippen molar-refractivity contribution in [2.45, 2.75) is 40.8 Å². The zero-order valence-corrected chi connectivity index (χ0v) is 16.4. The second kappa shape index (κ2) is 7.75. The molecule has 0 aromatic carbocycles. The van der Waals surface area contributed by atoms with Crippen LogP contribution in [0.2, 0.25) is 0 Å². The highest BCUT2D eigenvalue weighted by Crippen LogP contribution is 2.19. The van der Waals surface area contributed by atoms with Gasteiger partial charge in [0, 0.05) is 6.54 Å². The largest absolute Gasteiger partial charge is 0.329 e. The van der Waals surface area contributed by atoms with Gasteiger partial charge in [-0.1, -0.05) is 0 Å². The number of rotatable bonds is 4. The Hall–Kier alpha value is -1.94. The molecule has 0 aliphatic heterocycles. The molecule has 1 amide bonds. The van der Waals surface area contributed by atoms with Crippen molar-refractivity contribution < 1.29 is 4.79 Å². The second-order valence-electron chi connectivity index (χ2n) is 5.23. The van der Waals surface area contributed by atoms with E-state index >= 15 is 0 Å². The van der Waals surface area contributed by atoms with E-state index in [4.69, 9.17) is 12.2 Å². The molecule has 0 saturated heterocycles. The van der Waals surface area contributed by atoms with Gasteiger partial charge in [0.05, 0.1) is 33.4 Å². The third kappa shape index (κ3) is 4.12. The van der Waals surface area contributed by atoms with Crippen molar-refractivity contribution >= 4 is 44.9 Å². The number of nitrogens with one attached hydrogen (secondary N) is 3. The lowest BCUT2D eigenvalue weighted by Gasteiger charge is -2.12. The summed E-state index contributed by atoms with van der Waals surface area (Å²) in [7, 11) is 0. The van der Waals surface area contributed by atoms with Crippen molar-refractivity contribution in [2.75, 3.05) is 5.32 Å². The maximum atomic E-state index is 12.0. The van der Waals surface area contributed by atoms with Crippen molar-refractivity contribution in [3.8, 4) is 0 Å². The average molecular weight is 414 g/mol. The Morgan fingerprint density at radius 3 is 2.50 bits per heavy atom. The van der Waals surface area contributed by atoms with Crippen LogP contribution in [0.3, 0.4) is 0 Å². The van der Waals surface area contributed by atoms with Crippen LogP contribution in [0.25, 0.3) is 0 Å². The number of anilines is 1. The Labute approximate surface area is 154 Å². The minimum atomic E-state index is -0.252. The lowest BCUT2D eigenvalue weighted by molar-refractivity contribution is -0.122. The predicted molar refractivity (Wildman–Crippen MR) is 99.5 cm³/mol. The van der Waals surface area contributed by atoms with Gasteiger partial charge in [-0.05, 0) is 55.8 Å². The number of amides is 1. The molecule has 0 aliphatic rings. The first-order valence-corrected chi connectivity index (χ1v) is 8.61. The number of aryl methyl sites for hydroxylation is 2. The topological polar surface area (TPSA) is 88.8 Å². The normalized spacial score (nSPS) is 10.5. The van der Waals surface area contributed by atoms with Crippen LogP contribution < -0.4 is 16.2 Å². The van der Waals surface area contributed by atoms with E-state index < -0.39 is 0 Å². The summed E-state index contributed by atoms with van der Waals surface area (Å²) in [6.45, 7) is 8.61. The van der Waals surface area contributed by atoms with Crippen molar-refractivity contribution in [1.29, 1.82) is 0 Å². The molecule has 0 radical (unpaired) electrons. The molecule has 0 atom stereocenters. The van der Waals surface area contributed by atoms with Crippen LogP contribution in [-0.4, -0.2) is 30.6 Å². The monoisotopic (exact) mass is 413 g/mol. The maximum Gasteiger partial charge on any atom is 0.260 e. The molecule has 2 aromatic heterocycles. The van der Waals surface area contributed by atoms with Crippen molar-refractivity contribution in [3.63, 3.8) is 0 Å². The highest BCUT2D eigenvalue weighted by molar-refractivity contribution is 9.10. The summed E-state index contributed by atoms with van der Waals surface area (Å²) < 4.78 is 4.39. The molecular weight excluding hydrogens is 394 g/mol. The highest BCUT2D eigenvalue weighted by atomic mass is 79.9. The van der Waals surface area contributed by atoms with E-state index in [0.717, 1.165) is 33.8 Å². The molecule has 2 heterocycles. The van der Waals surface area contributed by atoms with Gasteiger partial charge in [0.2, 0.25) is 0 Å². The predicted octanol–water partition coefficient (Wildman–Crippen LogP) is 1.81. The summed E-state index contributed by atoms with van der Waals surface area (Å²) in [4.78, 5) is 12.0. The smallest absolute Gasteiger partial charge is 0.260 e. The summed E-state index contributed by atoms with van der Waals surface area (Å²) in [5, 5.41) is 11.8. The van der Waals surface area contributed by atoms with E-state index in [1.807, 2.05) is 32.4 Å². The molecule has 0 unspecified atom stereocenters. The van der Waals surface area contributed by atoms with E-state index in [0.29, 0.717) is 0 Å². The Bertz CT molecular complexity index is 768. The van der Waals surface area contributed by atoms with Crippen LogP contribution in [0.15, 0.2) is 10.7 Å². The third-order valence-corrected chi connectivity index (χ3v) is 4.90. The molecule has 8 nitrogen and oxygen atoms in total. The van der Waals surface area contributed by atoms with Gasteiger partial charge < -0.3 is 5.32 Å². The maximum absolute atomic E-state index is 12.0. The molecule has 3 N–H and O–H groups in total. The van der Waals surface area contributed by atoms with E-state index in [1.54, 1.807) is 10.9 Å². The lowest BCUT2D eigenvalue weighted by Crippen LogP contribution is -2.45. The number of thiocarbonyl (C=S) groups is 1. The van der Waals surface area contributed by atoms with Crippen LogP contribution in [0, 0.1) is 20.8 Å². The SMILES string of the molecule is CCn1ncc(NC(=S)NNC(=O)Cn2nc(C)c(Br)c2C)c1C. The molecule has 10 heteroatoms. The van der Waals surface area contributed by atoms with Gasteiger partial charge in [-0.3, -0.25) is 25.0 Å². The molecule has 0 fully saturated rings. The van der Waals surface area contributed by atoms with Gasteiger partial charge in [-0.2, -0.15) is 10.2 Å². The quantitative estimate of drug-likeness (QED) is 0.523. The fourth-order valence-corrected chi connectivity index (χ4v) is 2.62. The van der Waals surface area contributed by atoms with E-state index in [9.17, 15) is 4.79 Å². The summed E-state index contributed by atoms with van der Waals surface area (Å²) in [5.74, 6) is -0.252. The molecule has 0 spiro atoms. The molecule has 130 valence electrons. The Balaban J connectivity index is 1.85. The van der Waals surface area contributed by atoms with Gasteiger partial charge in [0.15, 0.2) is 5.11 Å². The second-order valence-corrected chi connectivity index (χ2v) is 6.43. The number of nitrogens with zero attached hydrogens (tertiary/aromatic N) is 4. The Morgan fingerprint density at radius 2 is 1.96 bits per heavy atom. The number of carbonyl (C=O) groups excluding carboxylic acids is 1. The van der Waals surface area contributed by atoms with E-state index in [2.05, 4.69) is 42.3 Å². The van der Waals surface area contributed by atoms with Gasteiger partial charge in [0.25, 0.3) is 5.91 Å². The molecule has 24 heavy (non-hydrogen) atoms. The van der Waals surface area contributed by atoms with Crippen LogP contribution in [0.1, 0.15) is 24.0 Å². The van der Waals surface area contributed by atoms with Gasteiger partial charge >= 0.3 is 0 Å². The number of hydrazine groups is 1. The Kier molecular flexibility index (Phi) is 5.94. The van der Waals surface area contributed by atoms with Gasteiger partial charge in [-0.25, -0.2) is 0 Å². The summed E-state index contributed by atoms with van der Waals surface area (Å²) >= 11 is 8.61. The van der Waals surface area contributed by atoms with Crippen LogP contribution >= 0.6 is 28.1 Å². The standard InChI is InChI=1S/C14H20BrN7OS/c1-5-21-9(3)11(6-16-21)17-14(24)19-18-12(23)7-22-10(4)13(15)8(2)20-22/h6H,5,7H2,1-4H3,(H,18,23)(H2,17,19,24). The molecule has 0 bridgehead atoms. The van der Waals surface area contributed by atoms with E-state index in [-0.39, 0.29) is 17.6 Å². The molecular formula is C14H20BrN7OS. The zero-order valence-electron chi connectivity index (χ0n) is 14.0. The Morgan fingerprint density at radius 1 is 1.25 bits per heavy atom. The van der Waals surface area contributed by atoms with Crippen molar-refractivity contribution in [3.05, 3.63) is 27.8 Å². The fourth-order valence-electron chi connectivity index (χ4n) is 2.17. The number of carbonyl (C=O) groups is 1. The first kappa shape index (κ1) is 18.4. The number of aromatic nitrogens is 4. The number of halogens is 1. The molecule has 0 aliphatic carbocycles. The summed E-state index contributed by atoms with van der Waals surface area (Å²) in [6.07, 6.45) is 1.70. The number of hydrogen-bond donors (Lipinski definition) is 3. The van der Waals surface area contributed by atoms with Gasteiger partial charge in [0.1, 0.15) is 6.54 Å². The minimum Gasteiger partial charge on any atom is -0.329 e. The minimum absolute atomic E-state index is 0.0979. The van der Waals surface area contributed by atoms with E-state index in [1.165, 1.54) is 0 Å². The third-order valence-electron chi connectivity index (χ3n) is 3.55. The molecule has 2 aromatic rings. The van der Waals surface area contributed by atoms with Gasteiger partial charge in [-0.15, -0.1) is 0 Å². The number of hydrogen-bond acceptors (Lipinski definition) is 4. The van der Waals surface area contributed by atoms with Crippen LogP contribution in [0.4, 0.5) is 5.69 Å². The van der Waals surface area contributed by atoms with Crippen molar-refractivity contribution in [2.24, 2.45) is 0 Å². The van der Waals surface area contributed by atoms with Crippen LogP contribution in [0.5, 0.6) is 0 Å². The summed E-state index contributed by atoms with van der Waals surface area (Å²) in [5.41, 5.74) is 8.73. The molecule has 0 saturated carbocycles. The summed E-state index contributed by atoms with van der Waals surface area (Å²) in [6, 6.07) is 0. The molecule has 2 rings (SSSR count). The fraction of sp³-hybridized carbons (Fsp3) is 0.429. The first-order valence-electron chi connectivity index (χ1n) is 7.41. The highest BCUT2D eigenvalue weighted by Gasteiger charge is 2.12. The first-order chi connectivity index (χ1) is 11.3. The van der Waals surface area contributed by atoms with Crippen LogP contribution in [-0.2, 0) is 17.9 Å².